The largest absolute Gasteiger partial charge is 0.355 e. The van der Waals surface area contributed by atoms with Gasteiger partial charge in [0.2, 0.25) is 0 Å². The molecule has 0 unspecified atom stereocenters. The SMILES string of the molecule is CN(C)CC1CCN(c2nccc(CN)c2Cl)CC1. The van der Waals surface area contributed by atoms with Crippen molar-refractivity contribution in [2.24, 2.45) is 11.7 Å². The lowest BCUT2D eigenvalue weighted by Gasteiger charge is -2.34. The van der Waals surface area contributed by atoms with Crippen LogP contribution in [0.4, 0.5) is 5.82 Å². The van der Waals surface area contributed by atoms with E-state index in [9.17, 15) is 0 Å². The Morgan fingerprint density at radius 3 is 2.68 bits per heavy atom. The Kier molecular flexibility index (Phi) is 5.02. The lowest BCUT2D eigenvalue weighted by molar-refractivity contribution is 0.284. The van der Waals surface area contributed by atoms with E-state index >= 15 is 0 Å². The minimum atomic E-state index is 0.464. The van der Waals surface area contributed by atoms with Crippen LogP contribution < -0.4 is 10.6 Å². The maximum Gasteiger partial charge on any atom is 0.147 e. The molecule has 5 heteroatoms. The number of nitrogens with zero attached hydrogens (tertiary/aromatic N) is 3. The van der Waals surface area contributed by atoms with Gasteiger partial charge in [-0.15, -0.1) is 0 Å². The predicted octanol–water partition coefficient (Wildman–Crippen LogP) is 1.97. The summed E-state index contributed by atoms with van der Waals surface area (Å²) in [5.74, 6) is 1.68. The fourth-order valence-electron chi connectivity index (χ4n) is 2.69. The third-order valence-electron chi connectivity index (χ3n) is 3.71. The third-order valence-corrected chi connectivity index (χ3v) is 4.12. The zero-order valence-corrected chi connectivity index (χ0v) is 12.5. The molecule has 1 saturated heterocycles. The number of halogens is 1. The maximum absolute atomic E-state index is 6.37. The van der Waals surface area contributed by atoms with Gasteiger partial charge < -0.3 is 15.5 Å². The zero-order valence-electron chi connectivity index (χ0n) is 11.8. The first-order chi connectivity index (χ1) is 9.11. The van der Waals surface area contributed by atoms with Gasteiger partial charge in [-0.3, -0.25) is 0 Å². The Morgan fingerprint density at radius 1 is 1.42 bits per heavy atom. The van der Waals surface area contributed by atoms with E-state index in [0.717, 1.165) is 42.0 Å². The van der Waals surface area contributed by atoms with Crippen molar-refractivity contribution < 1.29 is 0 Å². The number of hydrogen-bond donors (Lipinski definition) is 1. The summed E-state index contributed by atoms with van der Waals surface area (Å²) >= 11 is 6.37. The van der Waals surface area contributed by atoms with E-state index < -0.39 is 0 Å². The van der Waals surface area contributed by atoms with Gasteiger partial charge in [-0.25, -0.2) is 4.98 Å². The molecule has 1 aliphatic rings. The van der Waals surface area contributed by atoms with Gasteiger partial charge in [0.15, 0.2) is 0 Å². The molecule has 2 N–H and O–H groups in total. The average molecular weight is 283 g/mol. The van der Waals surface area contributed by atoms with Crippen molar-refractivity contribution in [3.8, 4) is 0 Å². The van der Waals surface area contributed by atoms with Crippen molar-refractivity contribution in [1.29, 1.82) is 0 Å². The lowest BCUT2D eigenvalue weighted by atomic mass is 9.96. The van der Waals surface area contributed by atoms with Crippen LogP contribution in [0.15, 0.2) is 12.3 Å². The van der Waals surface area contributed by atoms with Crippen molar-refractivity contribution in [3.63, 3.8) is 0 Å². The molecular formula is C14H23ClN4. The van der Waals surface area contributed by atoms with Crippen LogP contribution in [0, 0.1) is 5.92 Å². The van der Waals surface area contributed by atoms with Crippen molar-refractivity contribution in [2.45, 2.75) is 19.4 Å². The molecular weight excluding hydrogens is 260 g/mol. The number of nitrogens with two attached hydrogens (primary N) is 1. The van der Waals surface area contributed by atoms with Crippen LogP contribution in [0.25, 0.3) is 0 Å². The van der Waals surface area contributed by atoms with Crippen LogP contribution in [-0.2, 0) is 6.54 Å². The Morgan fingerprint density at radius 2 is 2.11 bits per heavy atom. The number of pyridine rings is 1. The topological polar surface area (TPSA) is 45.4 Å². The molecule has 2 rings (SSSR count). The smallest absolute Gasteiger partial charge is 0.147 e. The molecule has 4 nitrogen and oxygen atoms in total. The van der Waals surface area contributed by atoms with Gasteiger partial charge in [0.25, 0.3) is 0 Å². The molecule has 0 aromatic carbocycles. The van der Waals surface area contributed by atoms with E-state index in [4.69, 9.17) is 17.3 Å². The van der Waals surface area contributed by atoms with Crippen molar-refractivity contribution in [2.75, 3.05) is 38.6 Å². The second-order valence-electron chi connectivity index (χ2n) is 5.50. The van der Waals surface area contributed by atoms with E-state index in [1.807, 2.05) is 6.07 Å². The highest BCUT2D eigenvalue weighted by Crippen LogP contribution is 2.30. The molecule has 0 atom stereocenters. The van der Waals surface area contributed by atoms with E-state index in [0.29, 0.717) is 6.54 Å². The van der Waals surface area contributed by atoms with E-state index in [-0.39, 0.29) is 0 Å². The maximum atomic E-state index is 6.37. The molecule has 1 aromatic heterocycles. The van der Waals surface area contributed by atoms with Crippen molar-refractivity contribution in [3.05, 3.63) is 22.8 Å². The minimum Gasteiger partial charge on any atom is -0.355 e. The van der Waals surface area contributed by atoms with Gasteiger partial charge in [0.1, 0.15) is 5.82 Å². The summed E-state index contributed by atoms with van der Waals surface area (Å²) in [4.78, 5) is 8.97. The van der Waals surface area contributed by atoms with Crippen molar-refractivity contribution in [1.82, 2.24) is 9.88 Å². The van der Waals surface area contributed by atoms with Gasteiger partial charge in [0.05, 0.1) is 5.02 Å². The number of hydrogen-bond acceptors (Lipinski definition) is 4. The second kappa shape index (κ2) is 6.55. The number of piperidine rings is 1. The number of aromatic nitrogens is 1. The number of rotatable bonds is 4. The van der Waals surface area contributed by atoms with Gasteiger partial charge in [-0.2, -0.15) is 0 Å². The van der Waals surface area contributed by atoms with Crippen LogP contribution in [-0.4, -0.2) is 43.6 Å². The lowest BCUT2D eigenvalue weighted by Crippen LogP contribution is -2.37. The first-order valence-electron chi connectivity index (χ1n) is 6.85. The molecule has 0 radical (unpaired) electrons. The van der Waals surface area contributed by atoms with Crippen LogP contribution in [0.2, 0.25) is 5.02 Å². The third kappa shape index (κ3) is 3.59. The summed E-state index contributed by atoms with van der Waals surface area (Å²) in [5.41, 5.74) is 6.66. The van der Waals surface area contributed by atoms with Crippen LogP contribution in [0.1, 0.15) is 18.4 Å². The molecule has 1 aliphatic heterocycles. The molecule has 1 fully saturated rings. The molecule has 106 valence electrons. The Hall–Kier alpha value is -0.840. The second-order valence-corrected chi connectivity index (χ2v) is 5.88. The number of anilines is 1. The highest BCUT2D eigenvalue weighted by molar-refractivity contribution is 6.33. The predicted molar refractivity (Wildman–Crippen MR) is 80.6 cm³/mol. The van der Waals surface area contributed by atoms with Crippen molar-refractivity contribution >= 4 is 17.4 Å². The summed E-state index contributed by atoms with van der Waals surface area (Å²) in [6, 6.07) is 1.89. The minimum absolute atomic E-state index is 0.464. The van der Waals surface area contributed by atoms with Gasteiger partial charge >= 0.3 is 0 Å². The Balaban J connectivity index is 2.01. The fraction of sp³-hybridized carbons (Fsp3) is 0.643. The zero-order chi connectivity index (χ0) is 13.8. The molecule has 0 amide bonds. The Labute approximate surface area is 120 Å². The van der Waals surface area contributed by atoms with Crippen LogP contribution in [0.3, 0.4) is 0 Å². The standard InChI is InChI=1S/C14H23ClN4/c1-18(2)10-11-4-7-19(8-5-11)14-13(15)12(9-16)3-6-17-14/h3,6,11H,4-5,7-10,16H2,1-2H3. The Bertz CT molecular complexity index is 414. The fourth-order valence-corrected chi connectivity index (χ4v) is 3.00. The molecule has 0 aliphatic carbocycles. The summed E-state index contributed by atoms with van der Waals surface area (Å²) in [7, 11) is 4.27. The average Bonchev–Trinajstić information content (AvgIpc) is 2.39. The first-order valence-corrected chi connectivity index (χ1v) is 7.22. The molecule has 0 spiro atoms. The van der Waals surface area contributed by atoms with Gasteiger partial charge in [-0.05, 0) is 44.5 Å². The van der Waals surface area contributed by atoms with E-state index in [1.54, 1.807) is 6.20 Å². The molecule has 19 heavy (non-hydrogen) atoms. The van der Waals surface area contributed by atoms with Crippen LogP contribution >= 0.6 is 11.6 Å². The summed E-state index contributed by atoms with van der Waals surface area (Å²) in [6.45, 7) is 3.68. The highest BCUT2D eigenvalue weighted by Gasteiger charge is 2.22. The normalized spacial score (nSPS) is 17.2. The molecule has 0 saturated carbocycles. The van der Waals surface area contributed by atoms with E-state index in [1.165, 1.54) is 12.8 Å². The van der Waals surface area contributed by atoms with Gasteiger partial charge in [0, 0.05) is 32.4 Å². The highest BCUT2D eigenvalue weighted by atomic mass is 35.5. The van der Waals surface area contributed by atoms with Gasteiger partial charge in [-0.1, -0.05) is 11.6 Å². The first kappa shape index (κ1) is 14.6. The summed E-state index contributed by atoms with van der Waals surface area (Å²) in [5, 5.41) is 0.719. The molecule has 2 heterocycles. The summed E-state index contributed by atoms with van der Waals surface area (Å²) in [6.07, 6.45) is 4.20. The monoisotopic (exact) mass is 282 g/mol. The molecule has 1 aromatic rings. The quantitative estimate of drug-likeness (QED) is 0.917. The van der Waals surface area contributed by atoms with Crippen LogP contribution in [0.5, 0.6) is 0 Å². The summed E-state index contributed by atoms with van der Waals surface area (Å²) < 4.78 is 0. The van der Waals surface area contributed by atoms with E-state index in [2.05, 4.69) is 28.9 Å². The molecule has 0 bridgehead atoms.